The summed E-state index contributed by atoms with van der Waals surface area (Å²) in [6, 6.07) is 1.40. The van der Waals surface area contributed by atoms with E-state index in [1.165, 1.54) is 6.92 Å². The lowest BCUT2D eigenvalue weighted by atomic mass is 10.1. The van der Waals surface area contributed by atoms with Gasteiger partial charge in [0.25, 0.3) is 5.69 Å². The van der Waals surface area contributed by atoms with E-state index < -0.39 is 27.4 Å². The molecule has 0 saturated carbocycles. The number of nitro benzene ring substituents is 1. The number of benzene rings is 1. The summed E-state index contributed by atoms with van der Waals surface area (Å²) in [6.07, 6.45) is -4.60. The second-order valence-electron chi connectivity index (χ2n) is 2.83. The van der Waals surface area contributed by atoms with E-state index in [2.05, 4.69) is 0 Å². The van der Waals surface area contributed by atoms with Crippen molar-refractivity contribution in [3.8, 4) is 0 Å². The Kier molecular flexibility index (Phi) is 2.90. The van der Waals surface area contributed by atoms with E-state index in [0.717, 1.165) is 6.07 Å². The summed E-state index contributed by atoms with van der Waals surface area (Å²) >= 11 is 5.40. The van der Waals surface area contributed by atoms with E-state index in [1.54, 1.807) is 0 Å². The molecule has 0 heterocycles. The third kappa shape index (κ3) is 2.20. The molecule has 1 aromatic rings. The molecule has 15 heavy (non-hydrogen) atoms. The lowest BCUT2D eigenvalue weighted by Gasteiger charge is -2.10. The summed E-state index contributed by atoms with van der Waals surface area (Å²) in [4.78, 5) is 9.62. The van der Waals surface area contributed by atoms with Gasteiger partial charge in [-0.05, 0) is 13.0 Å². The first-order chi connectivity index (χ1) is 6.75. The first-order valence-electron chi connectivity index (χ1n) is 3.76. The molecular formula is C8H5ClF3NO2. The van der Waals surface area contributed by atoms with Gasteiger partial charge in [0.2, 0.25) is 0 Å². The van der Waals surface area contributed by atoms with Crippen molar-refractivity contribution in [1.29, 1.82) is 0 Å². The van der Waals surface area contributed by atoms with Gasteiger partial charge in [-0.1, -0.05) is 11.6 Å². The molecule has 0 fully saturated rings. The van der Waals surface area contributed by atoms with Gasteiger partial charge in [-0.3, -0.25) is 10.1 Å². The smallest absolute Gasteiger partial charge is 0.258 e. The van der Waals surface area contributed by atoms with Crippen molar-refractivity contribution < 1.29 is 18.1 Å². The number of hydrogen-bond acceptors (Lipinski definition) is 2. The van der Waals surface area contributed by atoms with Crippen LogP contribution in [0.3, 0.4) is 0 Å². The van der Waals surface area contributed by atoms with Crippen molar-refractivity contribution in [2.45, 2.75) is 13.1 Å². The number of alkyl halides is 3. The van der Waals surface area contributed by atoms with Gasteiger partial charge in [-0.15, -0.1) is 0 Å². The van der Waals surface area contributed by atoms with Crippen LogP contribution < -0.4 is 0 Å². The van der Waals surface area contributed by atoms with Crippen molar-refractivity contribution in [2.75, 3.05) is 0 Å². The Bertz CT molecular complexity index is 417. The molecule has 0 saturated heterocycles. The molecule has 0 N–H and O–H groups in total. The fraction of sp³-hybridized carbons (Fsp3) is 0.250. The molecule has 0 unspecified atom stereocenters. The van der Waals surface area contributed by atoms with Crippen molar-refractivity contribution in [3.63, 3.8) is 0 Å². The zero-order valence-corrected chi connectivity index (χ0v) is 8.19. The van der Waals surface area contributed by atoms with Crippen LogP contribution in [-0.2, 0) is 6.18 Å². The monoisotopic (exact) mass is 239 g/mol. The Labute approximate surface area is 87.6 Å². The molecule has 1 aromatic carbocycles. The Morgan fingerprint density at radius 3 is 2.33 bits per heavy atom. The molecule has 0 spiro atoms. The van der Waals surface area contributed by atoms with Crippen LogP contribution in [-0.4, -0.2) is 4.92 Å². The highest BCUT2D eigenvalue weighted by Gasteiger charge is 2.35. The third-order valence-corrected chi connectivity index (χ3v) is 2.35. The molecule has 3 nitrogen and oxygen atoms in total. The van der Waals surface area contributed by atoms with Crippen LogP contribution in [0.5, 0.6) is 0 Å². The van der Waals surface area contributed by atoms with Crippen LogP contribution >= 0.6 is 11.6 Å². The zero-order valence-electron chi connectivity index (χ0n) is 7.43. The predicted octanol–water partition coefficient (Wildman–Crippen LogP) is 3.58. The van der Waals surface area contributed by atoms with E-state index >= 15 is 0 Å². The fourth-order valence-corrected chi connectivity index (χ4v) is 1.36. The van der Waals surface area contributed by atoms with E-state index in [-0.39, 0.29) is 5.56 Å². The molecule has 0 atom stereocenters. The van der Waals surface area contributed by atoms with Crippen LogP contribution in [0, 0.1) is 17.0 Å². The Morgan fingerprint density at radius 1 is 1.40 bits per heavy atom. The molecule has 82 valence electrons. The van der Waals surface area contributed by atoms with Crippen LogP contribution in [0.1, 0.15) is 11.1 Å². The predicted molar refractivity (Wildman–Crippen MR) is 47.8 cm³/mol. The zero-order chi connectivity index (χ0) is 11.8. The summed E-state index contributed by atoms with van der Waals surface area (Å²) < 4.78 is 36.9. The summed E-state index contributed by atoms with van der Waals surface area (Å²) in [5.41, 5.74) is -1.67. The van der Waals surface area contributed by atoms with Crippen LogP contribution in [0.4, 0.5) is 18.9 Å². The molecule has 0 amide bonds. The molecule has 0 aliphatic carbocycles. The molecule has 7 heteroatoms. The largest absolute Gasteiger partial charge is 0.417 e. The average Bonchev–Trinajstić information content (AvgIpc) is 2.06. The molecule has 0 radical (unpaired) electrons. The first kappa shape index (κ1) is 11.8. The van der Waals surface area contributed by atoms with E-state index in [0.29, 0.717) is 6.07 Å². The minimum Gasteiger partial charge on any atom is -0.258 e. The quantitative estimate of drug-likeness (QED) is 0.555. The van der Waals surface area contributed by atoms with Crippen molar-refractivity contribution >= 4 is 17.3 Å². The van der Waals surface area contributed by atoms with Gasteiger partial charge in [0, 0.05) is 11.6 Å². The van der Waals surface area contributed by atoms with E-state index in [9.17, 15) is 23.3 Å². The average molecular weight is 240 g/mol. The number of hydrogen-bond donors (Lipinski definition) is 0. The molecular weight excluding hydrogens is 235 g/mol. The number of nitrogens with zero attached hydrogens (tertiary/aromatic N) is 1. The van der Waals surface area contributed by atoms with Gasteiger partial charge in [-0.25, -0.2) is 0 Å². The van der Waals surface area contributed by atoms with Crippen LogP contribution in [0.15, 0.2) is 12.1 Å². The summed E-state index contributed by atoms with van der Waals surface area (Å²) in [5.74, 6) is 0. The first-order valence-corrected chi connectivity index (χ1v) is 4.13. The molecule has 0 aliphatic rings. The van der Waals surface area contributed by atoms with Gasteiger partial charge >= 0.3 is 6.18 Å². The standard InChI is InChI=1S/C8H5ClF3NO2/c1-4-6(13(14)15)3-2-5(7(4)9)8(10,11)12/h2-3H,1H3. The summed E-state index contributed by atoms with van der Waals surface area (Å²) in [5, 5.41) is 9.77. The number of rotatable bonds is 1. The molecule has 0 aliphatic heterocycles. The fourth-order valence-electron chi connectivity index (χ4n) is 1.09. The Morgan fingerprint density at radius 2 is 1.93 bits per heavy atom. The highest BCUT2D eigenvalue weighted by atomic mass is 35.5. The van der Waals surface area contributed by atoms with Crippen LogP contribution in [0.2, 0.25) is 5.02 Å². The SMILES string of the molecule is Cc1c([N+](=O)[O-])ccc(C(F)(F)F)c1Cl. The highest BCUT2D eigenvalue weighted by molar-refractivity contribution is 6.32. The Hall–Kier alpha value is -1.30. The van der Waals surface area contributed by atoms with Gasteiger partial charge in [0.15, 0.2) is 0 Å². The lowest BCUT2D eigenvalue weighted by molar-refractivity contribution is -0.385. The van der Waals surface area contributed by atoms with E-state index in [1.807, 2.05) is 0 Å². The number of nitro groups is 1. The van der Waals surface area contributed by atoms with Gasteiger partial charge in [0.1, 0.15) is 0 Å². The maximum atomic E-state index is 12.3. The second-order valence-corrected chi connectivity index (χ2v) is 3.20. The van der Waals surface area contributed by atoms with E-state index in [4.69, 9.17) is 11.6 Å². The molecule has 0 bridgehead atoms. The summed E-state index contributed by atoms with van der Waals surface area (Å²) in [6.45, 7) is 1.18. The third-order valence-electron chi connectivity index (χ3n) is 1.86. The second kappa shape index (κ2) is 3.69. The number of halogens is 4. The van der Waals surface area contributed by atoms with Gasteiger partial charge in [-0.2, -0.15) is 13.2 Å². The van der Waals surface area contributed by atoms with Crippen molar-refractivity contribution in [1.82, 2.24) is 0 Å². The highest BCUT2D eigenvalue weighted by Crippen LogP contribution is 2.38. The normalized spacial score (nSPS) is 11.5. The van der Waals surface area contributed by atoms with Gasteiger partial charge in [0.05, 0.1) is 15.5 Å². The van der Waals surface area contributed by atoms with Crippen molar-refractivity contribution in [3.05, 3.63) is 38.4 Å². The van der Waals surface area contributed by atoms with Crippen LogP contribution in [0.25, 0.3) is 0 Å². The topological polar surface area (TPSA) is 43.1 Å². The maximum absolute atomic E-state index is 12.3. The summed E-state index contributed by atoms with van der Waals surface area (Å²) in [7, 11) is 0. The maximum Gasteiger partial charge on any atom is 0.417 e. The van der Waals surface area contributed by atoms with Gasteiger partial charge < -0.3 is 0 Å². The molecule has 1 rings (SSSR count). The molecule has 0 aromatic heterocycles. The Balaban J connectivity index is 3.41. The minimum atomic E-state index is -4.60. The lowest BCUT2D eigenvalue weighted by Crippen LogP contribution is -2.07. The van der Waals surface area contributed by atoms with Crippen molar-refractivity contribution in [2.24, 2.45) is 0 Å². The minimum absolute atomic E-state index is 0.184.